The molecule has 0 unspecified atom stereocenters. The first-order valence-corrected chi connectivity index (χ1v) is 6.89. The van der Waals surface area contributed by atoms with Gasteiger partial charge in [0.15, 0.2) is 0 Å². The fourth-order valence-corrected chi connectivity index (χ4v) is 2.40. The third-order valence-electron chi connectivity index (χ3n) is 3.12. The van der Waals surface area contributed by atoms with E-state index in [0.29, 0.717) is 28.2 Å². The average Bonchev–Trinajstić information content (AvgIpc) is 2.85. The SMILES string of the molecule is O=C(NCC[C@@H]1CCCN1)c1ccc(Cl)c(Cl)c1. The summed E-state index contributed by atoms with van der Waals surface area (Å²) in [4.78, 5) is 11.8. The number of carbonyl (C=O) groups is 1. The van der Waals surface area contributed by atoms with E-state index in [0.717, 1.165) is 13.0 Å². The molecule has 1 aromatic rings. The van der Waals surface area contributed by atoms with Gasteiger partial charge in [-0.05, 0) is 44.0 Å². The van der Waals surface area contributed by atoms with Gasteiger partial charge in [-0.25, -0.2) is 0 Å². The summed E-state index contributed by atoms with van der Waals surface area (Å²) >= 11 is 11.7. The molecular weight excluding hydrogens is 271 g/mol. The van der Waals surface area contributed by atoms with Crippen molar-refractivity contribution < 1.29 is 4.79 Å². The molecule has 1 fully saturated rings. The molecule has 1 aliphatic heterocycles. The van der Waals surface area contributed by atoms with Crippen LogP contribution in [0.1, 0.15) is 29.6 Å². The van der Waals surface area contributed by atoms with Gasteiger partial charge in [0.1, 0.15) is 0 Å². The van der Waals surface area contributed by atoms with Crippen molar-refractivity contribution in [2.75, 3.05) is 13.1 Å². The predicted molar refractivity (Wildman–Crippen MR) is 74.4 cm³/mol. The van der Waals surface area contributed by atoms with Gasteiger partial charge in [0, 0.05) is 18.2 Å². The fourth-order valence-electron chi connectivity index (χ4n) is 2.10. The van der Waals surface area contributed by atoms with E-state index in [1.807, 2.05) is 0 Å². The maximum atomic E-state index is 11.8. The van der Waals surface area contributed by atoms with Crippen molar-refractivity contribution in [3.8, 4) is 0 Å². The normalized spacial score (nSPS) is 18.9. The Morgan fingerprint density at radius 2 is 2.22 bits per heavy atom. The maximum Gasteiger partial charge on any atom is 0.251 e. The molecule has 98 valence electrons. The molecule has 1 atom stereocenters. The second kappa shape index (κ2) is 6.41. The van der Waals surface area contributed by atoms with Crippen molar-refractivity contribution in [2.24, 2.45) is 0 Å². The molecule has 1 aromatic carbocycles. The molecule has 2 N–H and O–H groups in total. The molecule has 0 spiro atoms. The summed E-state index contributed by atoms with van der Waals surface area (Å²) in [5.41, 5.74) is 0.545. The lowest BCUT2D eigenvalue weighted by Crippen LogP contribution is -2.30. The van der Waals surface area contributed by atoms with E-state index in [-0.39, 0.29) is 5.91 Å². The molecule has 18 heavy (non-hydrogen) atoms. The number of hydrogen-bond donors (Lipinski definition) is 2. The highest BCUT2D eigenvalue weighted by atomic mass is 35.5. The van der Waals surface area contributed by atoms with Crippen molar-refractivity contribution >= 4 is 29.1 Å². The van der Waals surface area contributed by atoms with Gasteiger partial charge in [0.05, 0.1) is 10.0 Å². The predicted octanol–water partition coefficient (Wildman–Crippen LogP) is 2.87. The highest BCUT2D eigenvalue weighted by Gasteiger charge is 2.14. The average molecular weight is 287 g/mol. The van der Waals surface area contributed by atoms with E-state index >= 15 is 0 Å². The Hall–Kier alpha value is -0.770. The van der Waals surface area contributed by atoms with Crippen molar-refractivity contribution in [1.29, 1.82) is 0 Å². The molecule has 0 radical (unpaired) electrons. The second-order valence-electron chi connectivity index (χ2n) is 4.47. The molecule has 3 nitrogen and oxygen atoms in total. The van der Waals surface area contributed by atoms with Crippen molar-refractivity contribution in [1.82, 2.24) is 10.6 Å². The van der Waals surface area contributed by atoms with Gasteiger partial charge in [0.2, 0.25) is 0 Å². The topological polar surface area (TPSA) is 41.1 Å². The monoisotopic (exact) mass is 286 g/mol. The van der Waals surface area contributed by atoms with E-state index in [4.69, 9.17) is 23.2 Å². The van der Waals surface area contributed by atoms with Crippen LogP contribution in [0.2, 0.25) is 10.0 Å². The van der Waals surface area contributed by atoms with Crippen LogP contribution in [0.5, 0.6) is 0 Å². The van der Waals surface area contributed by atoms with Crippen molar-refractivity contribution in [3.63, 3.8) is 0 Å². The van der Waals surface area contributed by atoms with E-state index in [1.165, 1.54) is 12.8 Å². The smallest absolute Gasteiger partial charge is 0.251 e. The van der Waals surface area contributed by atoms with Crippen LogP contribution in [0, 0.1) is 0 Å². The lowest BCUT2D eigenvalue weighted by atomic mass is 10.1. The van der Waals surface area contributed by atoms with E-state index in [1.54, 1.807) is 18.2 Å². The maximum absolute atomic E-state index is 11.8. The molecule has 1 aliphatic rings. The van der Waals surface area contributed by atoms with Crippen LogP contribution in [0.3, 0.4) is 0 Å². The number of carbonyl (C=O) groups excluding carboxylic acids is 1. The summed E-state index contributed by atoms with van der Waals surface area (Å²) in [6.07, 6.45) is 3.39. The van der Waals surface area contributed by atoms with E-state index in [9.17, 15) is 4.79 Å². The van der Waals surface area contributed by atoms with Gasteiger partial charge in [0.25, 0.3) is 5.91 Å². The third-order valence-corrected chi connectivity index (χ3v) is 3.86. The van der Waals surface area contributed by atoms with E-state index in [2.05, 4.69) is 10.6 Å². The summed E-state index contributed by atoms with van der Waals surface area (Å²) in [6.45, 7) is 1.77. The molecule has 0 bridgehead atoms. The largest absolute Gasteiger partial charge is 0.352 e. The molecule has 1 heterocycles. The van der Waals surface area contributed by atoms with Gasteiger partial charge < -0.3 is 10.6 Å². The van der Waals surface area contributed by atoms with Gasteiger partial charge in [-0.15, -0.1) is 0 Å². The van der Waals surface area contributed by atoms with Crippen molar-refractivity contribution in [3.05, 3.63) is 33.8 Å². The molecule has 0 aliphatic carbocycles. The fraction of sp³-hybridized carbons (Fsp3) is 0.462. The number of rotatable bonds is 4. The van der Waals surface area contributed by atoms with Crippen LogP contribution in [-0.4, -0.2) is 25.0 Å². The van der Waals surface area contributed by atoms with Gasteiger partial charge >= 0.3 is 0 Å². The molecule has 0 saturated carbocycles. The standard InChI is InChI=1S/C13H16Cl2N2O/c14-11-4-3-9(8-12(11)15)13(18)17-7-5-10-2-1-6-16-10/h3-4,8,10,16H,1-2,5-7H2,(H,17,18)/t10-/m0/s1. The number of benzene rings is 1. The lowest BCUT2D eigenvalue weighted by molar-refractivity contribution is 0.0952. The first kappa shape index (κ1) is 13.7. The Morgan fingerprint density at radius 1 is 1.39 bits per heavy atom. The van der Waals surface area contributed by atoms with Crippen LogP contribution in [0.4, 0.5) is 0 Å². The molecule has 2 rings (SSSR count). The zero-order valence-electron chi connectivity index (χ0n) is 10.0. The van der Waals surface area contributed by atoms with Crippen molar-refractivity contribution in [2.45, 2.75) is 25.3 Å². The second-order valence-corrected chi connectivity index (χ2v) is 5.28. The highest BCUT2D eigenvalue weighted by molar-refractivity contribution is 6.42. The Labute approximate surface area is 117 Å². The zero-order chi connectivity index (χ0) is 13.0. The van der Waals surface area contributed by atoms with Crippen LogP contribution in [-0.2, 0) is 0 Å². The minimum absolute atomic E-state index is 0.105. The first-order chi connectivity index (χ1) is 8.66. The molecule has 5 heteroatoms. The molecule has 1 amide bonds. The third kappa shape index (κ3) is 3.61. The molecule has 1 saturated heterocycles. The molecular formula is C13H16Cl2N2O. The van der Waals surface area contributed by atoms with Gasteiger partial charge in [-0.3, -0.25) is 4.79 Å². The number of hydrogen-bond acceptors (Lipinski definition) is 2. The highest BCUT2D eigenvalue weighted by Crippen LogP contribution is 2.22. The molecule has 0 aromatic heterocycles. The summed E-state index contributed by atoms with van der Waals surface area (Å²) < 4.78 is 0. The zero-order valence-corrected chi connectivity index (χ0v) is 11.5. The van der Waals surface area contributed by atoms with Crippen LogP contribution < -0.4 is 10.6 Å². The van der Waals surface area contributed by atoms with Crippen LogP contribution in [0.15, 0.2) is 18.2 Å². The van der Waals surface area contributed by atoms with Gasteiger partial charge in [-0.2, -0.15) is 0 Å². The summed E-state index contributed by atoms with van der Waals surface area (Å²) in [5.74, 6) is -0.105. The Morgan fingerprint density at radius 3 is 2.89 bits per heavy atom. The number of nitrogens with one attached hydrogen (secondary N) is 2. The van der Waals surface area contributed by atoms with Crippen LogP contribution >= 0.6 is 23.2 Å². The van der Waals surface area contributed by atoms with Gasteiger partial charge in [-0.1, -0.05) is 23.2 Å². The minimum atomic E-state index is -0.105. The minimum Gasteiger partial charge on any atom is -0.352 e. The Bertz CT molecular complexity index is 431. The Kier molecular flexibility index (Phi) is 4.87. The summed E-state index contributed by atoms with van der Waals surface area (Å²) in [5, 5.41) is 7.15. The van der Waals surface area contributed by atoms with Crippen LogP contribution in [0.25, 0.3) is 0 Å². The number of amides is 1. The first-order valence-electron chi connectivity index (χ1n) is 6.13. The quantitative estimate of drug-likeness (QED) is 0.894. The summed E-state index contributed by atoms with van der Waals surface area (Å²) in [7, 11) is 0. The van der Waals surface area contributed by atoms with E-state index < -0.39 is 0 Å². The number of halogens is 2. The summed E-state index contributed by atoms with van der Waals surface area (Å²) in [6, 6.07) is 5.45. The Balaban J connectivity index is 1.81. The lowest BCUT2D eigenvalue weighted by Gasteiger charge is -2.11.